The maximum atomic E-state index is 5.40. The van der Waals surface area contributed by atoms with Crippen LogP contribution in [0.3, 0.4) is 0 Å². The van der Waals surface area contributed by atoms with E-state index < -0.39 is 0 Å². The molecule has 2 aromatic heterocycles. The number of nitrogens with zero attached hydrogens (tertiary/aromatic N) is 4. The summed E-state index contributed by atoms with van der Waals surface area (Å²) >= 11 is 5.40. The van der Waals surface area contributed by atoms with E-state index >= 15 is 0 Å². The van der Waals surface area contributed by atoms with Gasteiger partial charge in [-0.05, 0) is 57.1 Å². The molecule has 0 spiro atoms. The van der Waals surface area contributed by atoms with Crippen molar-refractivity contribution in [3.63, 3.8) is 0 Å². The van der Waals surface area contributed by atoms with Crippen LogP contribution in [0.15, 0.2) is 24.5 Å². The number of H-pyrrole nitrogens is 1. The molecule has 21 heavy (non-hydrogen) atoms. The van der Waals surface area contributed by atoms with Gasteiger partial charge < -0.3 is 4.90 Å². The van der Waals surface area contributed by atoms with E-state index in [1.165, 1.54) is 13.0 Å². The largest absolute Gasteiger partial charge is 0.301 e. The van der Waals surface area contributed by atoms with Crippen molar-refractivity contribution in [1.29, 1.82) is 0 Å². The maximum Gasteiger partial charge on any atom is 0.195 e. The molecule has 1 aliphatic rings. The molecule has 1 atom stereocenters. The lowest BCUT2D eigenvalue weighted by Gasteiger charge is -2.20. The van der Waals surface area contributed by atoms with Crippen LogP contribution >= 0.6 is 12.2 Å². The van der Waals surface area contributed by atoms with Gasteiger partial charge in [0.05, 0.1) is 0 Å². The molecule has 1 saturated heterocycles. The molecule has 6 heteroatoms. The Hall–Kier alpha value is -1.53. The fourth-order valence-corrected chi connectivity index (χ4v) is 3.15. The summed E-state index contributed by atoms with van der Waals surface area (Å²) in [4.78, 5) is 6.69. The van der Waals surface area contributed by atoms with Crippen molar-refractivity contribution in [3.8, 4) is 11.4 Å². The van der Waals surface area contributed by atoms with E-state index in [-0.39, 0.29) is 0 Å². The molecule has 5 nitrogen and oxygen atoms in total. The lowest BCUT2D eigenvalue weighted by molar-refractivity contribution is 0.260. The minimum absolute atomic E-state index is 0.616. The number of aromatic amines is 1. The van der Waals surface area contributed by atoms with Gasteiger partial charge in [-0.15, -0.1) is 0 Å². The van der Waals surface area contributed by atoms with E-state index in [2.05, 4.69) is 38.5 Å². The highest BCUT2D eigenvalue weighted by Gasteiger charge is 2.25. The first-order valence-corrected chi connectivity index (χ1v) is 7.85. The molecule has 1 aliphatic heterocycles. The second kappa shape index (κ2) is 6.07. The Morgan fingerprint density at radius 2 is 2.33 bits per heavy atom. The van der Waals surface area contributed by atoms with Crippen LogP contribution in [0.1, 0.15) is 20.3 Å². The first-order chi connectivity index (χ1) is 10.1. The van der Waals surface area contributed by atoms with Crippen LogP contribution in [0.2, 0.25) is 0 Å². The number of rotatable bonds is 4. The molecule has 0 aliphatic carbocycles. The summed E-state index contributed by atoms with van der Waals surface area (Å²) in [6.45, 7) is 7.75. The van der Waals surface area contributed by atoms with Crippen molar-refractivity contribution in [1.82, 2.24) is 24.6 Å². The van der Waals surface area contributed by atoms with E-state index in [4.69, 9.17) is 12.2 Å². The third kappa shape index (κ3) is 3.06. The number of hydrogen-bond acceptors (Lipinski definition) is 4. The Bertz CT molecular complexity index is 646. The SMILES string of the molecule is CC(C)N1CCC(Cn2c(-c3cccnc3)n[nH]c2=S)C1. The standard InChI is InChI=1S/C15H21N5S/c1-11(2)19-7-5-12(9-19)10-20-14(17-18-15(20)21)13-4-3-6-16-8-13/h3-4,6,8,11-12H,5,7,9-10H2,1-2H3,(H,18,21). The van der Waals surface area contributed by atoms with E-state index in [1.54, 1.807) is 6.20 Å². The number of pyridine rings is 1. The van der Waals surface area contributed by atoms with Crippen LogP contribution in [-0.2, 0) is 6.54 Å². The van der Waals surface area contributed by atoms with Gasteiger partial charge in [-0.3, -0.25) is 14.6 Å². The number of nitrogens with one attached hydrogen (secondary N) is 1. The van der Waals surface area contributed by atoms with Gasteiger partial charge in [0.1, 0.15) is 0 Å². The predicted molar refractivity (Wildman–Crippen MR) is 85.5 cm³/mol. The molecule has 1 N–H and O–H groups in total. The van der Waals surface area contributed by atoms with E-state index in [0.29, 0.717) is 16.7 Å². The van der Waals surface area contributed by atoms with Crippen LogP contribution in [-0.4, -0.2) is 43.8 Å². The van der Waals surface area contributed by atoms with Gasteiger partial charge in [0.2, 0.25) is 0 Å². The molecule has 1 unspecified atom stereocenters. The van der Waals surface area contributed by atoms with Gasteiger partial charge in [0, 0.05) is 37.1 Å². The van der Waals surface area contributed by atoms with Crippen LogP contribution in [0, 0.1) is 10.7 Å². The van der Waals surface area contributed by atoms with E-state index in [0.717, 1.165) is 24.5 Å². The van der Waals surface area contributed by atoms with Gasteiger partial charge in [-0.25, -0.2) is 0 Å². The second-order valence-electron chi connectivity index (χ2n) is 5.95. The number of likely N-dealkylation sites (tertiary alicyclic amines) is 1. The smallest absolute Gasteiger partial charge is 0.195 e. The normalized spacial score (nSPS) is 19.5. The number of hydrogen-bond donors (Lipinski definition) is 1. The van der Waals surface area contributed by atoms with Crippen molar-refractivity contribution in [2.45, 2.75) is 32.9 Å². The Kier molecular flexibility index (Phi) is 4.17. The molecule has 0 radical (unpaired) electrons. The van der Waals surface area contributed by atoms with E-state index in [9.17, 15) is 0 Å². The minimum atomic E-state index is 0.616. The molecule has 3 heterocycles. The number of aromatic nitrogens is 4. The summed E-state index contributed by atoms with van der Waals surface area (Å²) in [6, 6.07) is 4.56. The van der Waals surface area contributed by atoms with Gasteiger partial charge in [-0.1, -0.05) is 0 Å². The molecule has 3 rings (SSSR count). The Morgan fingerprint density at radius 1 is 1.48 bits per heavy atom. The third-order valence-electron chi connectivity index (χ3n) is 4.17. The molecule has 0 amide bonds. The average Bonchev–Trinajstić information content (AvgIpc) is 3.09. The van der Waals surface area contributed by atoms with Crippen LogP contribution < -0.4 is 0 Å². The third-order valence-corrected chi connectivity index (χ3v) is 4.48. The summed E-state index contributed by atoms with van der Waals surface area (Å²) in [5, 5.41) is 7.29. The molecule has 0 bridgehead atoms. The molecule has 0 aromatic carbocycles. The highest BCUT2D eigenvalue weighted by molar-refractivity contribution is 7.71. The van der Waals surface area contributed by atoms with Crippen LogP contribution in [0.25, 0.3) is 11.4 Å². The first-order valence-electron chi connectivity index (χ1n) is 7.45. The van der Waals surface area contributed by atoms with Crippen molar-refractivity contribution in [2.24, 2.45) is 5.92 Å². The van der Waals surface area contributed by atoms with Crippen molar-refractivity contribution in [2.75, 3.05) is 13.1 Å². The molecule has 112 valence electrons. The Labute approximate surface area is 130 Å². The highest BCUT2D eigenvalue weighted by atomic mass is 32.1. The van der Waals surface area contributed by atoms with Crippen molar-refractivity contribution >= 4 is 12.2 Å². The fraction of sp³-hybridized carbons (Fsp3) is 0.533. The summed E-state index contributed by atoms with van der Waals surface area (Å²) in [6.07, 6.45) is 4.82. The van der Waals surface area contributed by atoms with Gasteiger partial charge >= 0.3 is 0 Å². The molecular formula is C15H21N5S. The Balaban J connectivity index is 1.81. The minimum Gasteiger partial charge on any atom is -0.301 e. The molecule has 0 saturated carbocycles. The summed E-state index contributed by atoms with van der Waals surface area (Å²) < 4.78 is 2.80. The van der Waals surface area contributed by atoms with Crippen LogP contribution in [0.4, 0.5) is 0 Å². The first kappa shape index (κ1) is 14.4. The summed E-state index contributed by atoms with van der Waals surface area (Å²) in [7, 11) is 0. The zero-order valence-corrected chi connectivity index (χ0v) is 13.3. The summed E-state index contributed by atoms with van der Waals surface area (Å²) in [5.41, 5.74) is 1.00. The van der Waals surface area contributed by atoms with Crippen LogP contribution in [0.5, 0.6) is 0 Å². The molecule has 2 aromatic rings. The van der Waals surface area contributed by atoms with E-state index in [1.807, 2.05) is 18.3 Å². The molecular weight excluding hydrogens is 282 g/mol. The van der Waals surface area contributed by atoms with Gasteiger partial charge in [0.15, 0.2) is 10.6 Å². The van der Waals surface area contributed by atoms with Crippen molar-refractivity contribution in [3.05, 3.63) is 29.3 Å². The van der Waals surface area contributed by atoms with Crippen molar-refractivity contribution < 1.29 is 0 Å². The second-order valence-corrected chi connectivity index (χ2v) is 6.33. The van der Waals surface area contributed by atoms with Gasteiger partial charge in [-0.2, -0.15) is 5.10 Å². The fourth-order valence-electron chi connectivity index (χ4n) is 2.94. The zero-order valence-electron chi connectivity index (χ0n) is 12.5. The lowest BCUT2D eigenvalue weighted by atomic mass is 10.1. The van der Waals surface area contributed by atoms with Gasteiger partial charge in [0.25, 0.3) is 0 Å². The lowest BCUT2D eigenvalue weighted by Crippen LogP contribution is -2.28. The Morgan fingerprint density at radius 3 is 3.00 bits per heavy atom. The average molecular weight is 303 g/mol. The molecule has 1 fully saturated rings. The quantitative estimate of drug-likeness (QED) is 0.882. The predicted octanol–water partition coefficient (Wildman–Crippen LogP) is 2.73. The summed E-state index contributed by atoms with van der Waals surface area (Å²) in [5.74, 6) is 1.52. The topological polar surface area (TPSA) is 49.7 Å². The monoisotopic (exact) mass is 303 g/mol. The highest BCUT2D eigenvalue weighted by Crippen LogP contribution is 2.23. The zero-order chi connectivity index (χ0) is 14.8. The maximum absolute atomic E-state index is 5.40.